The second-order valence-corrected chi connectivity index (χ2v) is 7.99. The Labute approximate surface area is 155 Å². The molecule has 9 nitrogen and oxygen atoms in total. The van der Waals surface area contributed by atoms with Crippen LogP contribution in [0.1, 0.15) is 23.2 Å². The van der Waals surface area contributed by atoms with Crippen molar-refractivity contribution in [2.45, 2.75) is 17.7 Å². The first-order chi connectivity index (χ1) is 12.8. The van der Waals surface area contributed by atoms with Gasteiger partial charge >= 0.3 is 0 Å². The number of sulfonamides is 1. The van der Waals surface area contributed by atoms with Crippen molar-refractivity contribution in [2.75, 3.05) is 18.4 Å². The summed E-state index contributed by atoms with van der Waals surface area (Å²) in [7, 11) is -3.71. The average molecular weight is 391 g/mol. The van der Waals surface area contributed by atoms with Crippen molar-refractivity contribution >= 4 is 27.3 Å². The lowest BCUT2D eigenvalue weighted by molar-refractivity contribution is -0.384. The zero-order valence-electron chi connectivity index (χ0n) is 14.2. The molecule has 0 spiro atoms. The molecule has 1 aliphatic rings. The maximum atomic E-state index is 12.6. The number of nitrogens with zero attached hydrogens (tertiary/aromatic N) is 2. The van der Waals surface area contributed by atoms with Gasteiger partial charge in [-0.2, -0.15) is 4.31 Å². The van der Waals surface area contributed by atoms with Crippen LogP contribution in [0.15, 0.2) is 47.4 Å². The number of non-ortho nitro benzene ring substituents is 1. The van der Waals surface area contributed by atoms with Crippen LogP contribution in [-0.4, -0.2) is 41.7 Å². The Hall–Kier alpha value is -2.98. The summed E-state index contributed by atoms with van der Waals surface area (Å²) in [6.45, 7) is 0.858. The zero-order valence-corrected chi connectivity index (χ0v) is 15.0. The van der Waals surface area contributed by atoms with Gasteiger partial charge in [-0.25, -0.2) is 8.42 Å². The quantitative estimate of drug-likeness (QED) is 0.457. The van der Waals surface area contributed by atoms with E-state index in [1.165, 1.54) is 40.7 Å². The van der Waals surface area contributed by atoms with Crippen molar-refractivity contribution in [2.24, 2.45) is 0 Å². The number of nitrogens with one attached hydrogen (secondary N) is 1. The van der Waals surface area contributed by atoms with Gasteiger partial charge in [-0.05, 0) is 37.1 Å². The predicted octanol–water partition coefficient (Wildman–Crippen LogP) is 2.34. The van der Waals surface area contributed by atoms with E-state index in [0.717, 1.165) is 18.9 Å². The summed E-state index contributed by atoms with van der Waals surface area (Å²) < 4.78 is 26.6. The highest BCUT2D eigenvalue weighted by atomic mass is 32.2. The predicted molar refractivity (Wildman–Crippen MR) is 97.1 cm³/mol. The number of carbonyl (C=O) groups is 1. The summed E-state index contributed by atoms with van der Waals surface area (Å²) in [6, 6.07) is 8.72. The number of nitro groups is 1. The van der Waals surface area contributed by atoms with Gasteiger partial charge in [0, 0.05) is 30.8 Å². The Balaban J connectivity index is 1.88. The Kier molecular flexibility index (Phi) is 5.10. The van der Waals surface area contributed by atoms with E-state index >= 15 is 0 Å². The molecule has 1 amide bonds. The Bertz CT molecular complexity index is 999. The largest absolute Gasteiger partial charge is 0.506 e. The first-order valence-corrected chi connectivity index (χ1v) is 9.62. The maximum absolute atomic E-state index is 12.6. The van der Waals surface area contributed by atoms with Gasteiger partial charge in [0.05, 0.1) is 15.5 Å². The molecule has 1 aliphatic heterocycles. The lowest BCUT2D eigenvalue weighted by Gasteiger charge is -2.16. The molecule has 2 N–H and O–H groups in total. The number of amides is 1. The molecule has 0 bridgehead atoms. The molecule has 0 unspecified atom stereocenters. The van der Waals surface area contributed by atoms with Gasteiger partial charge in [0.25, 0.3) is 11.6 Å². The molecule has 27 heavy (non-hydrogen) atoms. The van der Waals surface area contributed by atoms with Gasteiger partial charge in [0.1, 0.15) is 5.75 Å². The highest BCUT2D eigenvalue weighted by molar-refractivity contribution is 7.89. The normalized spacial score (nSPS) is 14.8. The fourth-order valence-corrected chi connectivity index (χ4v) is 4.35. The number of anilines is 1. The summed E-state index contributed by atoms with van der Waals surface area (Å²) in [6.07, 6.45) is 1.57. The Morgan fingerprint density at radius 1 is 1.15 bits per heavy atom. The number of hydrogen-bond donors (Lipinski definition) is 2. The maximum Gasteiger partial charge on any atom is 0.270 e. The third-order valence-corrected chi connectivity index (χ3v) is 6.13. The van der Waals surface area contributed by atoms with E-state index in [1.54, 1.807) is 0 Å². The molecule has 3 rings (SSSR count). The van der Waals surface area contributed by atoms with Gasteiger partial charge in [-0.15, -0.1) is 0 Å². The molecule has 0 radical (unpaired) electrons. The fraction of sp³-hybridized carbons (Fsp3) is 0.235. The van der Waals surface area contributed by atoms with Crippen molar-refractivity contribution in [1.82, 2.24) is 4.31 Å². The Morgan fingerprint density at radius 2 is 1.85 bits per heavy atom. The lowest BCUT2D eigenvalue weighted by Crippen LogP contribution is -2.28. The van der Waals surface area contributed by atoms with Crippen LogP contribution in [0.4, 0.5) is 11.4 Å². The van der Waals surface area contributed by atoms with E-state index in [9.17, 15) is 28.4 Å². The summed E-state index contributed by atoms with van der Waals surface area (Å²) in [5.41, 5.74) is -0.333. The number of carbonyl (C=O) groups excluding carboxylic acids is 1. The second kappa shape index (κ2) is 7.33. The summed E-state index contributed by atoms with van der Waals surface area (Å²) >= 11 is 0. The standard InChI is InChI=1S/C17H17N3O6S/c21-16-7-6-14(27(25,26)19-8-1-2-9-19)11-15(16)18-17(22)12-4-3-5-13(10-12)20(23)24/h3-7,10-11,21H,1-2,8-9H2,(H,18,22). The summed E-state index contributed by atoms with van der Waals surface area (Å²) in [5, 5.41) is 23.2. The van der Waals surface area contributed by atoms with Gasteiger partial charge in [-0.1, -0.05) is 6.07 Å². The second-order valence-electron chi connectivity index (χ2n) is 6.05. The van der Waals surface area contributed by atoms with E-state index < -0.39 is 20.9 Å². The van der Waals surface area contributed by atoms with E-state index in [-0.39, 0.29) is 27.6 Å². The molecule has 0 aliphatic carbocycles. The summed E-state index contributed by atoms with van der Waals surface area (Å²) in [5.74, 6) is -1.01. The number of phenols is 1. The van der Waals surface area contributed by atoms with E-state index in [0.29, 0.717) is 13.1 Å². The topological polar surface area (TPSA) is 130 Å². The lowest BCUT2D eigenvalue weighted by atomic mass is 10.2. The van der Waals surface area contributed by atoms with Crippen LogP contribution in [0.25, 0.3) is 0 Å². The van der Waals surface area contributed by atoms with Gasteiger partial charge in [0.2, 0.25) is 10.0 Å². The molecule has 142 valence electrons. The minimum Gasteiger partial charge on any atom is -0.506 e. The molecular weight excluding hydrogens is 374 g/mol. The number of rotatable bonds is 5. The minimum atomic E-state index is -3.71. The van der Waals surface area contributed by atoms with Crippen LogP contribution in [0, 0.1) is 10.1 Å². The van der Waals surface area contributed by atoms with Gasteiger partial charge in [0.15, 0.2) is 0 Å². The van der Waals surface area contributed by atoms with Crippen LogP contribution < -0.4 is 5.32 Å². The van der Waals surface area contributed by atoms with E-state index in [4.69, 9.17) is 0 Å². The number of phenolic OH excluding ortho intramolecular Hbond substituents is 1. The molecule has 0 aromatic heterocycles. The number of benzene rings is 2. The first kappa shape index (κ1) is 18.8. The van der Waals surface area contributed by atoms with E-state index in [1.807, 2.05) is 0 Å². The molecule has 10 heteroatoms. The number of nitro benzene ring substituents is 1. The van der Waals surface area contributed by atoms with Gasteiger partial charge < -0.3 is 10.4 Å². The SMILES string of the molecule is O=C(Nc1cc(S(=O)(=O)N2CCCC2)ccc1O)c1cccc([N+](=O)[O-])c1. The van der Waals surface area contributed by atoms with Crippen molar-refractivity contribution < 1.29 is 23.2 Å². The van der Waals surface area contributed by atoms with Crippen LogP contribution in [0.2, 0.25) is 0 Å². The van der Waals surface area contributed by atoms with Crippen LogP contribution in [0.5, 0.6) is 5.75 Å². The Morgan fingerprint density at radius 3 is 2.52 bits per heavy atom. The molecular formula is C17H17N3O6S. The average Bonchev–Trinajstić information content (AvgIpc) is 3.19. The first-order valence-electron chi connectivity index (χ1n) is 8.18. The van der Waals surface area contributed by atoms with Crippen LogP contribution in [-0.2, 0) is 10.0 Å². The molecule has 2 aromatic carbocycles. The fourth-order valence-electron chi connectivity index (χ4n) is 2.81. The number of hydrogen-bond acceptors (Lipinski definition) is 6. The monoisotopic (exact) mass is 391 g/mol. The van der Waals surface area contributed by atoms with Crippen LogP contribution in [0.3, 0.4) is 0 Å². The van der Waals surface area contributed by atoms with E-state index in [2.05, 4.69) is 5.32 Å². The molecule has 2 aromatic rings. The van der Waals surface area contributed by atoms with Crippen molar-refractivity contribution in [1.29, 1.82) is 0 Å². The minimum absolute atomic E-state index is 0.0106. The molecule has 1 saturated heterocycles. The third kappa shape index (κ3) is 3.91. The van der Waals surface area contributed by atoms with Crippen molar-refractivity contribution in [3.05, 3.63) is 58.1 Å². The highest BCUT2D eigenvalue weighted by Gasteiger charge is 2.28. The molecule has 1 heterocycles. The zero-order chi connectivity index (χ0) is 19.6. The number of aromatic hydroxyl groups is 1. The van der Waals surface area contributed by atoms with Crippen molar-refractivity contribution in [3.63, 3.8) is 0 Å². The molecule has 0 atom stereocenters. The van der Waals surface area contributed by atoms with Gasteiger partial charge in [-0.3, -0.25) is 14.9 Å². The highest BCUT2D eigenvalue weighted by Crippen LogP contribution is 2.29. The summed E-state index contributed by atoms with van der Waals surface area (Å²) in [4.78, 5) is 22.5. The molecule has 0 saturated carbocycles. The smallest absolute Gasteiger partial charge is 0.270 e. The third-order valence-electron chi connectivity index (χ3n) is 4.24. The van der Waals surface area contributed by atoms with Crippen molar-refractivity contribution in [3.8, 4) is 5.75 Å². The van der Waals surface area contributed by atoms with Crippen LogP contribution >= 0.6 is 0 Å². The molecule has 1 fully saturated rings.